The first kappa shape index (κ1) is 15.4. The Labute approximate surface area is 120 Å². The molecule has 0 amide bonds. The third-order valence-corrected chi connectivity index (χ3v) is 3.24. The SMILES string of the molecule is CCC(Nc1ccccc1C(F)(F)F)c1ccc(F)cc1. The number of alkyl halides is 3. The van der Waals surface area contributed by atoms with Gasteiger partial charge in [-0.05, 0) is 36.2 Å². The van der Waals surface area contributed by atoms with E-state index in [0.29, 0.717) is 6.42 Å². The minimum atomic E-state index is -4.41. The van der Waals surface area contributed by atoms with Crippen LogP contribution in [-0.4, -0.2) is 0 Å². The second kappa shape index (κ2) is 6.16. The molecular weight excluding hydrogens is 282 g/mol. The van der Waals surface area contributed by atoms with E-state index in [9.17, 15) is 17.6 Å². The van der Waals surface area contributed by atoms with Crippen LogP contribution in [0.5, 0.6) is 0 Å². The van der Waals surface area contributed by atoms with Crippen LogP contribution in [0, 0.1) is 5.82 Å². The highest BCUT2D eigenvalue weighted by Crippen LogP contribution is 2.36. The minimum absolute atomic E-state index is 0.0289. The molecule has 2 rings (SSSR count). The molecule has 1 N–H and O–H groups in total. The Kier molecular flexibility index (Phi) is 4.50. The van der Waals surface area contributed by atoms with Crippen molar-refractivity contribution < 1.29 is 17.6 Å². The maximum absolute atomic E-state index is 13.0. The standard InChI is InChI=1S/C16H15F4N/c1-2-14(11-7-9-12(17)10-8-11)21-15-6-4-3-5-13(15)16(18,19)20/h3-10,14,21H,2H2,1H3. The molecule has 0 bridgehead atoms. The monoisotopic (exact) mass is 297 g/mol. The summed E-state index contributed by atoms with van der Waals surface area (Å²) in [5.74, 6) is -0.371. The van der Waals surface area contributed by atoms with Gasteiger partial charge in [-0.3, -0.25) is 0 Å². The highest BCUT2D eigenvalue weighted by Gasteiger charge is 2.33. The van der Waals surface area contributed by atoms with Gasteiger partial charge in [-0.15, -0.1) is 0 Å². The fraction of sp³-hybridized carbons (Fsp3) is 0.250. The van der Waals surface area contributed by atoms with Crippen molar-refractivity contribution in [2.45, 2.75) is 25.6 Å². The van der Waals surface area contributed by atoms with Gasteiger partial charge in [0.15, 0.2) is 0 Å². The molecule has 0 saturated heterocycles. The predicted octanol–water partition coefficient (Wildman–Crippen LogP) is 5.41. The van der Waals surface area contributed by atoms with E-state index >= 15 is 0 Å². The van der Waals surface area contributed by atoms with Crippen LogP contribution in [0.1, 0.15) is 30.5 Å². The predicted molar refractivity (Wildman–Crippen MR) is 74.5 cm³/mol. The fourth-order valence-electron chi connectivity index (χ4n) is 2.16. The lowest BCUT2D eigenvalue weighted by molar-refractivity contribution is -0.137. The molecule has 0 aliphatic rings. The van der Waals surface area contributed by atoms with E-state index in [4.69, 9.17) is 0 Å². The van der Waals surface area contributed by atoms with Crippen LogP contribution in [0.4, 0.5) is 23.2 Å². The Hall–Kier alpha value is -2.04. The molecule has 112 valence electrons. The second-order valence-electron chi connectivity index (χ2n) is 4.70. The number of para-hydroxylation sites is 1. The summed E-state index contributed by atoms with van der Waals surface area (Å²) in [4.78, 5) is 0. The summed E-state index contributed by atoms with van der Waals surface area (Å²) >= 11 is 0. The normalized spacial score (nSPS) is 13.0. The van der Waals surface area contributed by atoms with Crippen molar-refractivity contribution in [1.29, 1.82) is 0 Å². The van der Waals surface area contributed by atoms with Gasteiger partial charge in [-0.2, -0.15) is 13.2 Å². The molecule has 0 fully saturated rings. The molecule has 2 aromatic rings. The van der Waals surface area contributed by atoms with Crippen molar-refractivity contribution in [2.75, 3.05) is 5.32 Å². The zero-order chi connectivity index (χ0) is 15.5. The van der Waals surface area contributed by atoms with Crippen molar-refractivity contribution in [2.24, 2.45) is 0 Å². The molecule has 1 atom stereocenters. The maximum atomic E-state index is 13.0. The van der Waals surface area contributed by atoms with Crippen LogP contribution >= 0.6 is 0 Å². The Balaban J connectivity index is 2.29. The van der Waals surface area contributed by atoms with E-state index in [0.717, 1.165) is 11.6 Å². The number of hydrogen-bond acceptors (Lipinski definition) is 1. The molecule has 0 radical (unpaired) electrons. The number of halogens is 4. The number of nitrogens with one attached hydrogen (secondary N) is 1. The van der Waals surface area contributed by atoms with Gasteiger partial charge in [-0.1, -0.05) is 31.2 Å². The number of benzene rings is 2. The van der Waals surface area contributed by atoms with Crippen LogP contribution in [0.25, 0.3) is 0 Å². The lowest BCUT2D eigenvalue weighted by Gasteiger charge is -2.21. The smallest absolute Gasteiger partial charge is 0.378 e. The topological polar surface area (TPSA) is 12.0 Å². The third-order valence-electron chi connectivity index (χ3n) is 3.24. The zero-order valence-electron chi connectivity index (χ0n) is 11.4. The summed E-state index contributed by atoms with van der Waals surface area (Å²) < 4.78 is 51.8. The van der Waals surface area contributed by atoms with E-state index in [1.807, 2.05) is 6.92 Å². The Morgan fingerprint density at radius 2 is 1.62 bits per heavy atom. The maximum Gasteiger partial charge on any atom is 0.418 e. The van der Waals surface area contributed by atoms with Crippen molar-refractivity contribution in [3.63, 3.8) is 0 Å². The number of anilines is 1. The van der Waals surface area contributed by atoms with Crippen molar-refractivity contribution in [3.8, 4) is 0 Å². The van der Waals surface area contributed by atoms with Gasteiger partial charge < -0.3 is 5.32 Å². The lowest BCUT2D eigenvalue weighted by atomic mass is 10.0. The lowest BCUT2D eigenvalue weighted by Crippen LogP contribution is -2.15. The quantitative estimate of drug-likeness (QED) is 0.744. The van der Waals surface area contributed by atoms with Gasteiger partial charge in [0.1, 0.15) is 5.82 Å². The van der Waals surface area contributed by atoms with Crippen molar-refractivity contribution >= 4 is 5.69 Å². The van der Waals surface area contributed by atoms with Gasteiger partial charge in [0, 0.05) is 5.69 Å². The van der Waals surface area contributed by atoms with Crippen LogP contribution < -0.4 is 5.32 Å². The third kappa shape index (κ3) is 3.74. The summed E-state index contributed by atoms with van der Waals surface area (Å²) in [6.45, 7) is 1.86. The highest BCUT2D eigenvalue weighted by atomic mass is 19.4. The first-order chi connectivity index (χ1) is 9.91. The Bertz CT molecular complexity index is 590. The molecule has 21 heavy (non-hydrogen) atoms. The van der Waals surface area contributed by atoms with Gasteiger partial charge in [0.2, 0.25) is 0 Å². The number of hydrogen-bond donors (Lipinski definition) is 1. The van der Waals surface area contributed by atoms with Crippen LogP contribution in [-0.2, 0) is 6.18 Å². The molecule has 0 aliphatic carbocycles. The first-order valence-corrected chi connectivity index (χ1v) is 6.60. The van der Waals surface area contributed by atoms with E-state index in [2.05, 4.69) is 5.32 Å². The first-order valence-electron chi connectivity index (χ1n) is 6.60. The summed E-state index contributed by atoms with van der Waals surface area (Å²) in [6.07, 6.45) is -3.83. The van der Waals surface area contributed by atoms with Crippen molar-refractivity contribution in [1.82, 2.24) is 0 Å². The van der Waals surface area contributed by atoms with E-state index in [1.165, 1.54) is 24.3 Å². The number of rotatable bonds is 4. The van der Waals surface area contributed by atoms with Gasteiger partial charge in [-0.25, -0.2) is 4.39 Å². The Morgan fingerprint density at radius 1 is 1.00 bits per heavy atom. The molecule has 0 saturated carbocycles. The molecule has 1 nitrogen and oxygen atoms in total. The van der Waals surface area contributed by atoms with Gasteiger partial charge >= 0.3 is 6.18 Å². The molecule has 5 heteroatoms. The highest BCUT2D eigenvalue weighted by molar-refractivity contribution is 5.54. The second-order valence-corrected chi connectivity index (χ2v) is 4.70. The summed E-state index contributed by atoms with van der Waals surface area (Å²) in [6, 6.07) is 10.8. The molecular formula is C16H15F4N. The van der Waals surface area contributed by atoms with Crippen LogP contribution in [0.15, 0.2) is 48.5 Å². The van der Waals surface area contributed by atoms with E-state index < -0.39 is 11.7 Å². The molecule has 0 heterocycles. The van der Waals surface area contributed by atoms with E-state index in [1.54, 1.807) is 18.2 Å². The van der Waals surface area contributed by atoms with Gasteiger partial charge in [0.05, 0.1) is 11.6 Å². The van der Waals surface area contributed by atoms with Gasteiger partial charge in [0.25, 0.3) is 0 Å². The fourth-order valence-corrected chi connectivity index (χ4v) is 2.16. The summed E-state index contributed by atoms with van der Waals surface area (Å²) in [5.41, 5.74) is 0.0719. The molecule has 1 unspecified atom stereocenters. The van der Waals surface area contributed by atoms with Crippen molar-refractivity contribution in [3.05, 3.63) is 65.5 Å². The molecule has 0 spiro atoms. The summed E-state index contributed by atoms with van der Waals surface area (Å²) in [5, 5.41) is 2.90. The molecule has 0 aromatic heterocycles. The average molecular weight is 297 g/mol. The zero-order valence-corrected chi connectivity index (χ0v) is 11.4. The minimum Gasteiger partial charge on any atom is -0.378 e. The van der Waals surface area contributed by atoms with E-state index in [-0.39, 0.29) is 17.5 Å². The van der Waals surface area contributed by atoms with Crippen LogP contribution in [0.2, 0.25) is 0 Å². The molecule has 0 aliphatic heterocycles. The Morgan fingerprint density at radius 3 is 2.19 bits per heavy atom. The van der Waals surface area contributed by atoms with Crippen LogP contribution in [0.3, 0.4) is 0 Å². The largest absolute Gasteiger partial charge is 0.418 e. The summed E-state index contributed by atoms with van der Waals surface area (Å²) in [7, 11) is 0. The average Bonchev–Trinajstić information content (AvgIpc) is 2.45. The molecule has 2 aromatic carbocycles.